The molecule has 2 aromatic rings. The average Bonchev–Trinajstić information content (AvgIpc) is 2.33. The number of nitrogens with zero attached hydrogens (tertiary/aromatic N) is 2. The zero-order valence-electron chi connectivity index (χ0n) is 9.75. The molecular weight excluding hydrogens is 388 g/mol. The monoisotopic (exact) mass is 396 g/mol. The van der Waals surface area contributed by atoms with Crippen molar-refractivity contribution in [3.63, 3.8) is 0 Å². The van der Waals surface area contributed by atoms with Crippen molar-refractivity contribution in [2.75, 3.05) is 7.11 Å². The largest absolute Gasteiger partial charge is 0.378 e. The van der Waals surface area contributed by atoms with Gasteiger partial charge < -0.3 is 4.74 Å². The van der Waals surface area contributed by atoms with Crippen molar-refractivity contribution in [3.8, 4) is 11.4 Å². The quantitative estimate of drug-likeness (QED) is 0.584. The van der Waals surface area contributed by atoms with Gasteiger partial charge in [-0.05, 0) is 34.7 Å². The molecule has 0 spiro atoms. The molecule has 0 aliphatic rings. The molecule has 0 unspecified atom stereocenters. The number of methoxy groups -OCH3 is 1. The van der Waals surface area contributed by atoms with E-state index in [1.807, 2.05) is 22.6 Å². The second kappa shape index (κ2) is 6.06. The minimum atomic E-state index is -0.693. The number of hydrogen-bond acceptors (Lipinski definition) is 3. The number of halogens is 4. The summed E-state index contributed by atoms with van der Waals surface area (Å²) >= 11 is 7.98. The molecule has 1 aromatic carbocycles. The maximum Gasteiger partial charge on any atom is 0.161 e. The van der Waals surface area contributed by atoms with Gasteiger partial charge >= 0.3 is 0 Å². The highest BCUT2D eigenvalue weighted by molar-refractivity contribution is 14.1. The van der Waals surface area contributed by atoms with E-state index in [0.717, 1.165) is 18.2 Å². The lowest BCUT2D eigenvalue weighted by molar-refractivity contribution is 0.181. The van der Waals surface area contributed by atoms with Gasteiger partial charge in [0.1, 0.15) is 16.8 Å². The van der Waals surface area contributed by atoms with E-state index in [0.29, 0.717) is 9.26 Å². The molecule has 7 heteroatoms. The van der Waals surface area contributed by atoms with Crippen LogP contribution in [-0.4, -0.2) is 17.1 Å². The first kappa shape index (κ1) is 14.5. The number of hydrogen-bond donors (Lipinski definition) is 0. The van der Waals surface area contributed by atoms with Crippen LogP contribution in [0.15, 0.2) is 18.2 Å². The molecule has 0 saturated heterocycles. The molecule has 0 saturated carbocycles. The van der Waals surface area contributed by atoms with Gasteiger partial charge in [0.2, 0.25) is 0 Å². The van der Waals surface area contributed by atoms with E-state index in [4.69, 9.17) is 16.3 Å². The first-order valence-electron chi connectivity index (χ1n) is 5.18. The van der Waals surface area contributed by atoms with Gasteiger partial charge in [-0.25, -0.2) is 18.7 Å². The van der Waals surface area contributed by atoms with Crippen molar-refractivity contribution in [1.82, 2.24) is 9.97 Å². The van der Waals surface area contributed by atoms with Crippen molar-refractivity contribution in [3.05, 3.63) is 44.3 Å². The van der Waals surface area contributed by atoms with Crippen molar-refractivity contribution < 1.29 is 13.5 Å². The van der Waals surface area contributed by atoms with Gasteiger partial charge in [0.15, 0.2) is 5.82 Å². The zero-order valence-corrected chi connectivity index (χ0v) is 12.7. The molecule has 0 aliphatic heterocycles. The third-order valence-corrected chi connectivity index (χ3v) is 4.01. The Morgan fingerprint density at radius 2 is 1.84 bits per heavy atom. The van der Waals surface area contributed by atoms with Crippen LogP contribution in [0.4, 0.5) is 8.78 Å². The van der Waals surface area contributed by atoms with Crippen LogP contribution < -0.4 is 0 Å². The number of ether oxygens (including phenoxy) is 1. The van der Waals surface area contributed by atoms with Crippen molar-refractivity contribution >= 4 is 34.2 Å². The third kappa shape index (κ3) is 3.37. The molecule has 0 radical (unpaired) electrons. The van der Waals surface area contributed by atoms with E-state index in [1.54, 1.807) is 0 Å². The fourth-order valence-electron chi connectivity index (χ4n) is 1.51. The van der Waals surface area contributed by atoms with E-state index >= 15 is 0 Å². The Kier molecular flexibility index (Phi) is 4.64. The molecular formula is C12H8ClF2IN2O. The molecule has 0 aliphatic carbocycles. The number of benzene rings is 1. The minimum absolute atomic E-state index is 0.163. The first-order chi connectivity index (χ1) is 9.01. The Morgan fingerprint density at radius 1 is 1.21 bits per heavy atom. The summed E-state index contributed by atoms with van der Waals surface area (Å²) in [6.45, 7) is 0.241. The Balaban J connectivity index is 2.55. The maximum atomic E-state index is 13.2. The Labute approximate surface area is 127 Å². The van der Waals surface area contributed by atoms with Gasteiger partial charge in [0.05, 0.1) is 15.9 Å². The molecule has 3 nitrogen and oxygen atoms in total. The summed E-state index contributed by atoms with van der Waals surface area (Å²) in [6, 6.07) is 3.09. The molecule has 0 fully saturated rings. The van der Waals surface area contributed by atoms with Crippen molar-refractivity contribution in [1.29, 1.82) is 0 Å². The van der Waals surface area contributed by atoms with E-state index in [-0.39, 0.29) is 23.1 Å². The van der Waals surface area contributed by atoms with Crippen LogP contribution in [0.2, 0.25) is 5.15 Å². The van der Waals surface area contributed by atoms with Crippen LogP contribution in [0, 0.1) is 15.2 Å². The second-order valence-corrected chi connectivity index (χ2v) is 5.13. The van der Waals surface area contributed by atoms with Gasteiger partial charge in [-0.1, -0.05) is 11.6 Å². The third-order valence-electron chi connectivity index (χ3n) is 2.28. The first-order valence-corrected chi connectivity index (χ1v) is 6.64. The Hall–Kier alpha value is -0.860. The molecule has 0 N–H and O–H groups in total. The summed E-state index contributed by atoms with van der Waals surface area (Å²) in [7, 11) is 1.52. The predicted molar refractivity (Wildman–Crippen MR) is 75.8 cm³/mol. The van der Waals surface area contributed by atoms with Crippen molar-refractivity contribution in [2.24, 2.45) is 0 Å². The molecule has 0 atom stereocenters. The van der Waals surface area contributed by atoms with Crippen molar-refractivity contribution in [2.45, 2.75) is 6.61 Å². The fraction of sp³-hybridized carbons (Fsp3) is 0.167. The predicted octanol–water partition coefficient (Wildman–Crippen LogP) is 3.83. The van der Waals surface area contributed by atoms with Crippen LogP contribution >= 0.6 is 34.2 Å². The highest BCUT2D eigenvalue weighted by atomic mass is 127. The van der Waals surface area contributed by atoms with Crippen LogP contribution in [0.5, 0.6) is 0 Å². The van der Waals surface area contributed by atoms with Gasteiger partial charge in [-0.15, -0.1) is 0 Å². The lowest BCUT2D eigenvalue weighted by Gasteiger charge is -2.08. The maximum absolute atomic E-state index is 13.2. The lowest BCUT2D eigenvalue weighted by Crippen LogP contribution is -2.02. The van der Waals surface area contributed by atoms with E-state index < -0.39 is 11.6 Å². The summed E-state index contributed by atoms with van der Waals surface area (Å²) in [4.78, 5) is 8.24. The van der Waals surface area contributed by atoms with E-state index in [2.05, 4.69) is 9.97 Å². The van der Waals surface area contributed by atoms with Crippen LogP contribution in [0.3, 0.4) is 0 Å². The van der Waals surface area contributed by atoms with Gasteiger partial charge in [0, 0.05) is 18.7 Å². The minimum Gasteiger partial charge on any atom is -0.378 e. The zero-order chi connectivity index (χ0) is 14.0. The van der Waals surface area contributed by atoms with E-state index in [1.165, 1.54) is 7.11 Å². The molecule has 19 heavy (non-hydrogen) atoms. The summed E-state index contributed by atoms with van der Waals surface area (Å²) in [6.07, 6.45) is 0. The molecule has 100 valence electrons. The highest BCUT2D eigenvalue weighted by Gasteiger charge is 2.13. The highest BCUT2D eigenvalue weighted by Crippen LogP contribution is 2.25. The van der Waals surface area contributed by atoms with Gasteiger partial charge in [-0.2, -0.15) is 0 Å². The molecule has 0 amide bonds. The van der Waals surface area contributed by atoms with Gasteiger partial charge in [0.25, 0.3) is 0 Å². The standard InChI is InChI=1S/C12H8ClF2IN2O/c1-19-5-9-10(16)11(13)18-12(17-9)6-2-7(14)4-8(15)3-6/h2-4H,5H2,1H3. The number of aromatic nitrogens is 2. The topological polar surface area (TPSA) is 35.0 Å². The SMILES string of the molecule is COCc1nc(-c2cc(F)cc(F)c2)nc(Cl)c1I. The van der Waals surface area contributed by atoms with E-state index in [9.17, 15) is 8.78 Å². The summed E-state index contributed by atoms with van der Waals surface area (Å²) in [5.41, 5.74) is 0.802. The smallest absolute Gasteiger partial charge is 0.161 e. The summed E-state index contributed by atoms with van der Waals surface area (Å²) < 4.78 is 32.0. The Morgan fingerprint density at radius 3 is 2.42 bits per heavy atom. The second-order valence-electron chi connectivity index (χ2n) is 3.69. The molecule has 0 bridgehead atoms. The number of rotatable bonds is 3. The van der Waals surface area contributed by atoms with Gasteiger partial charge in [-0.3, -0.25) is 0 Å². The summed E-state index contributed by atoms with van der Waals surface area (Å²) in [5.74, 6) is -1.22. The van der Waals surface area contributed by atoms with Crippen LogP contribution in [0.1, 0.15) is 5.69 Å². The normalized spacial score (nSPS) is 10.8. The molecule has 1 aromatic heterocycles. The molecule has 1 heterocycles. The average molecular weight is 397 g/mol. The van der Waals surface area contributed by atoms with Crippen LogP contribution in [-0.2, 0) is 11.3 Å². The lowest BCUT2D eigenvalue weighted by atomic mass is 10.2. The summed E-state index contributed by atoms with van der Waals surface area (Å²) in [5, 5.41) is 0.224. The Bertz CT molecular complexity index is 605. The molecule has 2 rings (SSSR count). The fourth-order valence-corrected chi connectivity index (χ4v) is 2.09. The van der Waals surface area contributed by atoms with Crippen LogP contribution in [0.25, 0.3) is 11.4 Å².